The van der Waals surface area contributed by atoms with Crippen molar-refractivity contribution in [2.24, 2.45) is 0 Å². The maximum atomic E-state index is 13.4. The second-order valence-electron chi connectivity index (χ2n) is 5.51. The molecular weight excluding hydrogens is 317 g/mol. The third-order valence-electron chi connectivity index (χ3n) is 3.60. The van der Waals surface area contributed by atoms with Gasteiger partial charge in [-0.1, -0.05) is 17.3 Å². The summed E-state index contributed by atoms with van der Waals surface area (Å²) in [6.45, 7) is 2.23. The fourth-order valence-corrected chi connectivity index (χ4v) is 2.38. The van der Waals surface area contributed by atoms with Gasteiger partial charge >= 0.3 is 5.97 Å². The molecule has 0 saturated heterocycles. The number of nitrogens with zero attached hydrogens (tertiary/aromatic N) is 3. The van der Waals surface area contributed by atoms with Crippen LogP contribution in [0, 0.1) is 12.7 Å². The number of hydrogen-bond donors (Lipinski definition) is 1. The predicted molar refractivity (Wildman–Crippen MR) is 82.9 cm³/mol. The van der Waals surface area contributed by atoms with Gasteiger partial charge in [0.25, 0.3) is 0 Å². The first kappa shape index (κ1) is 18.0. The van der Waals surface area contributed by atoms with Gasteiger partial charge in [0.1, 0.15) is 11.9 Å². The first-order chi connectivity index (χ1) is 11.4. The summed E-state index contributed by atoms with van der Waals surface area (Å²) in [7, 11) is 3.22. The normalized spacial score (nSPS) is 12.5. The van der Waals surface area contributed by atoms with E-state index in [1.54, 1.807) is 26.0 Å². The van der Waals surface area contributed by atoms with Gasteiger partial charge < -0.3 is 14.4 Å². The van der Waals surface area contributed by atoms with Crippen molar-refractivity contribution in [3.05, 3.63) is 46.9 Å². The van der Waals surface area contributed by atoms with Crippen LogP contribution in [0.25, 0.3) is 0 Å². The lowest BCUT2D eigenvalue weighted by molar-refractivity contribution is -0.143. The summed E-state index contributed by atoms with van der Waals surface area (Å²) in [6, 6.07) is 3.32. The van der Waals surface area contributed by atoms with Gasteiger partial charge in [0, 0.05) is 13.5 Å². The lowest BCUT2D eigenvalue weighted by atomic mass is 10.0. The third-order valence-corrected chi connectivity index (χ3v) is 3.60. The molecule has 24 heavy (non-hydrogen) atoms. The molecule has 2 aromatic rings. The molecule has 1 heterocycles. The van der Waals surface area contributed by atoms with Crippen LogP contribution in [-0.2, 0) is 22.5 Å². The Morgan fingerprint density at radius 2 is 2.25 bits per heavy atom. The van der Waals surface area contributed by atoms with Crippen LogP contribution < -0.4 is 0 Å². The van der Waals surface area contributed by atoms with Crippen LogP contribution >= 0.6 is 0 Å². The highest BCUT2D eigenvalue weighted by Gasteiger charge is 2.26. The molecule has 1 unspecified atom stereocenters. The molecule has 1 N–H and O–H groups in total. The monoisotopic (exact) mass is 337 g/mol. The number of carbonyl (C=O) groups is 1. The average Bonchev–Trinajstić information content (AvgIpc) is 2.96. The maximum absolute atomic E-state index is 13.4. The highest BCUT2D eigenvalue weighted by atomic mass is 19.1. The number of aliphatic carboxylic acids is 1. The number of aromatic nitrogens is 2. The Morgan fingerprint density at radius 3 is 2.88 bits per heavy atom. The van der Waals surface area contributed by atoms with Crippen molar-refractivity contribution in [2.75, 3.05) is 20.8 Å². The van der Waals surface area contributed by atoms with Gasteiger partial charge in [0.05, 0.1) is 13.2 Å². The Morgan fingerprint density at radius 1 is 1.50 bits per heavy atom. The first-order valence-corrected chi connectivity index (χ1v) is 7.42. The summed E-state index contributed by atoms with van der Waals surface area (Å²) in [4.78, 5) is 17.4. The van der Waals surface area contributed by atoms with E-state index in [-0.39, 0.29) is 12.4 Å². The standard InChI is InChI=1S/C16H20FN3O4/c1-10-8-11(4-5-12(10)17)15(16(21)22)20(2)9-14-18-13(19-24-14)6-7-23-3/h4-5,8,15H,6-7,9H2,1-3H3,(H,21,22). The van der Waals surface area contributed by atoms with Crippen LogP contribution in [0.15, 0.2) is 22.7 Å². The summed E-state index contributed by atoms with van der Waals surface area (Å²) < 4.78 is 23.5. The van der Waals surface area contributed by atoms with Gasteiger partial charge in [-0.15, -0.1) is 0 Å². The maximum Gasteiger partial charge on any atom is 0.325 e. The van der Waals surface area contributed by atoms with Gasteiger partial charge in [-0.25, -0.2) is 4.39 Å². The number of halogens is 1. The highest BCUT2D eigenvalue weighted by Crippen LogP contribution is 2.23. The van der Waals surface area contributed by atoms with Crippen LogP contribution in [0.2, 0.25) is 0 Å². The molecule has 130 valence electrons. The van der Waals surface area contributed by atoms with Crippen LogP contribution in [0.4, 0.5) is 4.39 Å². The quantitative estimate of drug-likeness (QED) is 0.787. The number of ether oxygens (including phenoxy) is 1. The smallest absolute Gasteiger partial charge is 0.325 e. The molecule has 1 aromatic carbocycles. The molecule has 0 saturated carbocycles. The second kappa shape index (κ2) is 7.98. The van der Waals surface area contributed by atoms with Gasteiger partial charge in [0.2, 0.25) is 5.89 Å². The van der Waals surface area contributed by atoms with E-state index in [2.05, 4.69) is 10.1 Å². The van der Waals surface area contributed by atoms with E-state index in [9.17, 15) is 14.3 Å². The molecule has 1 aromatic heterocycles. The number of methoxy groups -OCH3 is 1. The second-order valence-corrected chi connectivity index (χ2v) is 5.51. The zero-order valence-corrected chi connectivity index (χ0v) is 13.8. The molecule has 0 aliphatic rings. The number of carboxylic acid groups (broad SMARTS) is 1. The van der Waals surface area contributed by atoms with Crippen LogP contribution in [0.1, 0.15) is 28.9 Å². The number of hydrogen-bond acceptors (Lipinski definition) is 6. The highest BCUT2D eigenvalue weighted by molar-refractivity contribution is 5.75. The lowest BCUT2D eigenvalue weighted by Gasteiger charge is -2.23. The zero-order valence-electron chi connectivity index (χ0n) is 13.8. The van der Waals surface area contributed by atoms with Gasteiger partial charge in [-0.05, 0) is 31.2 Å². The van der Waals surface area contributed by atoms with E-state index >= 15 is 0 Å². The number of rotatable bonds is 8. The number of aryl methyl sites for hydroxylation is 1. The lowest BCUT2D eigenvalue weighted by Crippen LogP contribution is -2.30. The Bertz CT molecular complexity index is 704. The summed E-state index contributed by atoms with van der Waals surface area (Å²) in [5, 5.41) is 13.4. The first-order valence-electron chi connectivity index (χ1n) is 7.42. The number of likely N-dealkylation sites (N-methyl/N-ethyl adjacent to an activating group) is 1. The minimum absolute atomic E-state index is 0.160. The van der Waals surface area contributed by atoms with E-state index in [0.717, 1.165) is 0 Å². The Balaban J connectivity index is 2.14. The fraction of sp³-hybridized carbons (Fsp3) is 0.438. The van der Waals surface area contributed by atoms with Crippen LogP contribution in [0.5, 0.6) is 0 Å². The van der Waals surface area contributed by atoms with E-state index in [0.29, 0.717) is 35.9 Å². The molecule has 2 rings (SSSR count). The van der Waals surface area contributed by atoms with Gasteiger partial charge in [-0.2, -0.15) is 4.98 Å². The van der Waals surface area contributed by atoms with E-state index in [1.807, 2.05) is 0 Å². The largest absolute Gasteiger partial charge is 0.480 e. The van der Waals surface area contributed by atoms with Crippen molar-refractivity contribution < 1.29 is 23.6 Å². The molecule has 1 atom stereocenters. The Hall–Kier alpha value is -2.32. The third kappa shape index (κ3) is 4.36. The molecule has 0 fully saturated rings. The summed E-state index contributed by atoms with van der Waals surface area (Å²) >= 11 is 0. The Labute approximate surface area is 139 Å². The molecule has 0 spiro atoms. The van der Waals surface area contributed by atoms with Crippen molar-refractivity contribution in [1.29, 1.82) is 0 Å². The van der Waals surface area contributed by atoms with Crippen molar-refractivity contribution in [1.82, 2.24) is 15.0 Å². The zero-order chi connectivity index (χ0) is 17.7. The molecule has 0 bridgehead atoms. The van der Waals surface area contributed by atoms with Crippen molar-refractivity contribution >= 4 is 5.97 Å². The summed E-state index contributed by atoms with van der Waals surface area (Å²) in [5.74, 6) is -0.591. The van der Waals surface area contributed by atoms with E-state index in [4.69, 9.17) is 9.26 Å². The Kier molecular flexibility index (Phi) is 5.99. The van der Waals surface area contributed by atoms with Crippen molar-refractivity contribution in [2.45, 2.75) is 25.9 Å². The predicted octanol–water partition coefficient (Wildman–Crippen LogP) is 1.96. The average molecular weight is 337 g/mol. The van der Waals surface area contributed by atoms with E-state index in [1.165, 1.54) is 18.2 Å². The molecular formula is C16H20FN3O4. The van der Waals surface area contributed by atoms with Gasteiger partial charge in [0.15, 0.2) is 5.82 Å². The fourth-order valence-electron chi connectivity index (χ4n) is 2.38. The van der Waals surface area contributed by atoms with Crippen LogP contribution in [0.3, 0.4) is 0 Å². The number of carboxylic acids is 1. The van der Waals surface area contributed by atoms with Crippen molar-refractivity contribution in [3.63, 3.8) is 0 Å². The topological polar surface area (TPSA) is 88.7 Å². The number of benzene rings is 1. The minimum atomic E-state index is -1.04. The summed E-state index contributed by atoms with van der Waals surface area (Å²) in [5.41, 5.74) is 0.884. The molecule has 8 heteroatoms. The van der Waals surface area contributed by atoms with Crippen LogP contribution in [-0.4, -0.2) is 46.9 Å². The molecule has 0 aliphatic heterocycles. The van der Waals surface area contributed by atoms with Crippen molar-refractivity contribution in [3.8, 4) is 0 Å². The molecule has 0 amide bonds. The SMILES string of the molecule is COCCc1noc(CN(C)C(C(=O)O)c2ccc(F)c(C)c2)n1. The van der Waals surface area contributed by atoms with Gasteiger partial charge in [-0.3, -0.25) is 9.69 Å². The molecule has 7 nitrogen and oxygen atoms in total. The summed E-state index contributed by atoms with van der Waals surface area (Å²) in [6.07, 6.45) is 0.517. The van der Waals surface area contributed by atoms with E-state index < -0.39 is 12.0 Å². The minimum Gasteiger partial charge on any atom is -0.480 e. The molecule has 0 radical (unpaired) electrons. The molecule has 0 aliphatic carbocycles.